The molecule has 0 heterocycles. The third kappa shape index (κ3) is 4.30. The van der Waals surface area contributed by atoms with Gasteiger partial charge in [-0.1, -0.05) is 99.9 Å². The third-order valence-corrected chi connectivity index (χ3v) is 16.0. The molecule has 0 fully saturated rings. The summed E-state index contributed by atoms with van der Waals surface area (Å²) in [5.41, 5.74) is 3.43. The molecule has 0 bridgehead atoms. The van der Waals surface area contributed by atoms with Crippen LogP contribution >= 0.6 is 0 Å². The van der Waals surface area contributed by atoms with Gasteiger partial charge in [-0.25, -0.2) is 4.99 Å². The molecule has 0 spiro atoms. The largest absolute Gasteiger partial charge is 0.243 e. The van der Waals surface area contributed by atoms with Crippen molar-refractivity contribution < 1.29 is 0 Å². The molecular formula is C22H31NSi2. The molecule has 0 atom stereocenters. The highest BCUT2D eigenvalue weighted by atomic mass is 28.4. The van der Waals surface area contributed by atoms with Gasteiger partial charge in [0.05, 0.1) is 26.5 Å². The highest BCUT2D eigenvalue weighted by molar-refractivity contribution is 6.99. The van der Waals surface area contributed by atoms with Gasteiger partial charge >= 0.3 is 0 Å². The van der Waals surface area contributed by atoms with Crippen LogP contribution in [0, 0.1) is 0 Å². The highest BCUT2D eigenvalue weighted by Gasteiger charge is 2.49. The maximum atomic E-state index is 5.19. The second kappa shape index (κ2) is 7.29. The lowest BCUT2D eigenvalue weighted by molar-refractivity contribution is 0.840. The summed E-state index contributed by atoms with van der Waals surface area (Å²) < 4.78 is 0. The Morgan fingerprint density at radius 1 is 0.720 bits per heavy atom. The average molecular weight is 366 g/mol. The molecule has 3 heteroatoms. The normalized spacial score (nSPS) is 12.4. The molecule has 1 nitrogen and oxygen atoms in total. The van der Waals surface area contributed by atoms with Gasteiger partial charge in [0, 0.05) is 0 Å². The van der Waals surface area contributed by atoms with E-state index in [2.05, 4.69) is 113 Å². The van der Waals surface area contributed by atoms with Gasteiger partial charge < -0.3 is 0 Å². The van der Waals surface area contributed by atoms with Crippen LogP contribution in [-0.2, 0) is 0 Å². The monoisotopic (exact) mass is 365 g/mol. The number of hydrogen-bond donors (Lipinski definition) is 0. The van der Waals surface area contributed by atoms with Gasteiger partial charge in [-0.15, -0.1) is 0 Å². The van der Waals surface area contributed by atoms with E-state index in [0.29, 0.717) is 0 Å². The fourth-order valence-corrected chi connectivity index (χ4v) is 12.9. The Morgan fingerprint density at radius 2 is 1.08 bits per heavy atom. The second-order valence-electron chi connectivity index (χ2n) is 8.90. The van der Waals surface area contributed by atoms with Gasteiger partial charge in [0.25, 0.3) is 0 Å². The number of benzene rings is 2. The predicted octanol–water partition coefficient (Wildman–Crippen LogP) is 6.30. The van der Waals surface area contributed by atoms with Crippen LogP contribution in [0.15, 0.2) is 65.7 Å². The van der Waals surface area contributed by atoms with E-state index in [-0.39, 0.29) is 4.79 Å². The van der Waals surface area contributed by atoms with E-state index in [1.165, 1.54) is 11.1 Å². The van der Waals surface area contributed by atoms with Crippen molar-refractivity contribution in [1.29, 1.82) is 0 Å². The summed E-state index contributed by atoms with van der Waals surface area (Å²) in [5, 5.41) is 0. The van der Waals surface area contributed by atoms with E-state index in [1.54, 1.807) is 0 Å². The zero-order chi connectivity index (χ0) is 18.7. The Balaban J connectivity index is 2.70. The summed E-state index contributed by atoms with van der Waals surface area (Å²) in [7, 11) is -2.99. The van der Waals surface area contributed by atoms with Gasteiger partial charge in [0.2, 0.25) is 0 Å². The molecule has 0 aliphatic rings. The molecule has 0 saturated heterocycles. The van der Waals surface area contributed by atoms with Crippen LogP contribution in [0.5, 0.6) is 0 Å². The van der Waals surface area contributed by atoms with E-state index in [4.69, 9.17) is 4.99 Å². The number of nitrogens with zero attached hydrogens (tertiary/aromatic N) is 1. The van der Waals surface area contributed by atoms with Crippen LogP contribution in [0.25, 0.3) is 5.57 Å². The van der Waals surface area contributed by atoms with E-state index in [1.807, 2.05) is 0 Å². The first-order valence-corrected chi connectivity index (χ1v) is 16.0. The Morgan fingerprint density at radius 3 is 1.40 bits per heavy atom. The molecule has 0 saturated carbocycles. The van der Waals surface area contributed by atoms with Crippen LogP contribution in [0.2, 0.25) is 39.3 Å². The van der Waals surface area contributed by atoms with Crippen LogP contribution in [0.3, 0.4) is 0 Å². The summed E-state index contributed by atoms with van der Waals surface area (Å²) in [6.07, 6.45) is 0. The molecule has 2 aromatic rings. The summed E-state index contributed by atoms with van der Waals surface area (Å²) in [6, 6.07) is 21.0. The molecule has 0 radical (unpaired) electrons. The molecule has 0 aliphatic carbocycles. The van der Waals surface area contributed by atoms with Crippen molar-refractivity contribution in [3.63, 3.8) is 0 Å². The van der Waals surface area contributed by atoms with Crippen molar-refractivity contribution in [1.82, 2.24) is 0 Å². The van der Waals surface area contributed by atoms with E-state index in [0.717, 1.165) is 5.57 Å². The van der Waals surface area contributed by atoms with E-state index < -0.39 is 16.1 Å². The minimum Gasteiger partial charge on any atom is -0.243 e. The molecule has 2 rings (SSSR count). The van der Waals surface area contributed by atoms with Gasteiger partial charge in [0.1, 0.15) is 0 Å². The number of aliphatic imine (C=N–C) groups is 1. The molecule has 25 heavy (non-hydrogen) atoms. The average Bonchev–Trinajstić information content (AvgIpc) is 2.55. The molecular weight excluding hydrogens is 334 g/mol. The molecule has 0 unspecified atom stereocenters. The van der Waals surface area contributed by atoms with Crippen molar-refractivity contribution in [2.45, 2.75) is 51.0 Å². The van der Waals surface area contributed by atoms with Crippen molar-refractivity contribution in [3.05, 3.63) is 71.8 Å². The van der Waals surface area contributed by atoms with Crippen molar-refractivity contribution >= 4 is 27.6 Å². The molecule has 0 aliphatic heterocycles. The summed E-state index contributed by atoms with van der Waals surface area (Å²) >= 11 is 0. The summed E-state index contributed by atoms with van der Waals surface area (Å²) in [5.74, 6) is 3.52. The number of hydrogen-bond acceptors (Lipinski definition) is 1. The lowest BCUT2D eigenvalue weighted by Gasteiger charge is -2.45. The molecule has 0 N–H and O–H groups in total. The minimum absolute atomic E-state index is 0.0365. The fourth-order valence-electron chi connectivity index (χ4n) is 3.13. The van der Waals surface area contributed by atoms with Gasteiger partial charge in [-0.3, -0.25) is 0 Å². The standard InChI is InChI=1S/C22H31NSi2/c1-22(24(2,3)4,25(5,6)7)23-18-21(19-14-10-8-11-15-19)20-16-12-9-13-17-20/h8-17H,1-7H3. The Labute approximate surface area is 155 Å². The molecule has 0 aromatic heterocycles. The first-order chi connectivity index (χ1) is 11.6. The minimum atomic E-state index is -1.50. The first-order valence-electron chi connectivity index (χ1n) is 9.02. The van der Waals surface area contributed by atoms with Crippen LogP contribution in [0.1, 0.15) is 18.1 Å². The predicted molar refractivity (Wildman–Crippen MR) is 118 cm³/mol. The van der Waals surface area contributed by atoms with E-state index in [9.17, 15) is 0 Å². The quantitative estimate of drug-likeness (QED) is 0.435. The molecule has 2 aromatic carbocycles. The zero-order valence-corrected chi connectivity index (χ0v) is 18.7. The second-order valence-corrected chi connectivity index (χ2v) is 20.4. The molecule has 132 valence electrons. The molecule has 0 amide bonds. The Hall–Kier alpha value is -1.68. The van der Waals surface area contributed by atoms with Gasteiger partial charge in [-0.2, -0.15) is 0 Å². The van der Waals surface area contributed by atoms with E-state index >= 15 is 0 Å². The highest BCUT2D eigenvalue weighted by Crippen LogP contribution is 2.34. The third-order valence-electron chi connectivity index (χ3n) is 5.44. The lowest BCUT2D eigenvalue weighted by Crippen LogP contribution is -2.63. The SMILES string of the molecule is CC(N=C=C(c1ccccc1)c1ccccc1)([Si](C)(C)C)[Si](C)(C)C. The maximum Gasteiger partial charge on any atom is 0.0738 e. The summed E-state index contributed by atoms with van der Waals surface area (Å²) in [6.45, 7) is 17.0. The lowest BCUT2D eigenvalue weighted by atomic mass is 10.00. The first kappa shape index (κ1) is 19.6. The van der Waals surface area contributed by atoms with Gasteiger partial charge in [0.15, 0.2) is 0 Å². The summed E-state index contributed by atoms with van der Waals surface area (Å²) in [4.78, 5) is 5.22. The van der Waals surface area contributed by atoms with Crippen molar-refractivity contribution in [3.8, 4) is 0 Å². The number of rotatable bonds is 5. The Kier molecular flexibility index (Phi) is 5.73. The topological polar surface area (TPSA) is 12.4 Å². The maximum absolute atomic E-state index is 5.19. The van der Waals surface area contributed by atoms with Gasteiger partial charge in [-0.05, 0) is 23.9 Å². The smallest absolute Gasteiger partial charge is 0.0738 e. The van der Waals surface area contributed by atoms with Crippen molar-refractivity contribution in [2.75, 3.05) is 0 Å². The van der Waals surface area contributed by atoms with Crippen LogP contribution in [0.4, 0.5) is 0 Å². The van der Waals surface area contributed by atoms with Crippen LogP contribution in [-0.4, -0.2) is 26.8 Å². The fraction of sp³-hybridized carbons (Fsp3) is 0.364. The Bertz CT molecular complexity index is 704. The zero-order valence-electron chi connectivity index (χ0n) is 16.7. The van der Waals surface area contributed by atoms with Crippen LogP contribution < -0.4 is 0 Å². The van der Waals surface area contributed by atoms with Crippen molar-refractivity contribution in [2.24, 2.45) is 4.99 Å².